The third-order valence-electron chi connectivity index (χ3n) is 8.12. The number of ether oxygens (including phenoxy) is 6. The van der Waals surface area contributed by atoms with Gasteiger partial charge in [0.15, 0.2) is 27.8 Å². The number of carbonyl (C=O) groups is 1. The first-order chi connectivity index (χ1) is 24.0. The Balaban J connectivity index is 1.30. The number of hydrogen-bond donors (Lipinski definition) is 0. The molecule has 0 saturated heterocycles. The molecule has 2 aliphatic rings. The summed E-state index contributed by atoms with van der Waals surface area (Å²) in [6, 6.07) is 27.1. The second kappa shape index (κ2) is 13.7. The second-order valence-corrected chi connectivity index (χ2v) is 12.1. The van der Waals surface area contributed by atoms with Crippen LogP contribution in [0, 0.1) is 0 Å². The van der Waals surface area contributed by atoms with Gasteiger partial charge in [-0.15, -0.1) is 0 Å². The van der Waals surface area contributed by atoms with Crippen molar-refractivity contribution in [2.75, 3.05) is 27.6 Å². The lowest BCUT2D eigenvalue weighted by Gasteiger charge is -2.26. The first-order valence-corrected chi connectivity index (χ1v) is 16.4. The van der Waals surface area contributed by atoms with E-state index < -0.39 is 12.0 Å². The van der Waals surface area contributed by atoms with Crippen LogP contribution in [0.3, 0.4) is 0 Å². The van der Waals surface area contributed by atoms with Crippen molar-refractivity contribution in [2.24, 2.45) is 4.99 Å². The van der Waals surface area contributed by atoms with Gasteiger partial charge in [-0.25, -0.2) is 9.79 Å². The Labute approximate surface area is 285 Å². The van der Waals surface area contributed by atoms with Gasteiger partial charge in [0.2, 0.25) is 6.79 Å². The molecular formula is C38H32N2O8S. The molecule has 11 heteroatoms. The first-order valence-electron chi connectivity index (χ1n) is 15.6. The number of methoxy groups -OCH3 is 2. The van der Waals surface area contributed by atoms with Crippen LogP contribution in [-0.2, 0) is 16.1 Å². The van der Waals surface area contributed by atoms with Crippen LogP contribution in [0.4, 0.5) is 0 Å². The maximum Gasteiger partial charge on any atom is 0.338 e. The van der Waals surface area contributed by atoms with Gasteiger partial charge in [0.1, 0.15) is 12.4 Å². The van der Waals surface area contributed by atoms with Crippen molar-refractivity contribution >= 4 is 29.1 Å². The lowest BCUT2D eigenvalue weighted by Crippen LogP contribution is -2.40. The van der Waals surface area contributed by atoms with Crippen LogP contribution in [0.2, 0.25) is 0 Å². The molecule has 0 spiro atoms. The van der Waals surface area contributed by atoms with Crippen molar-refractivity contribution in [1.29, 1.82) is 0 Å². The molecule has 0 bridgehead atoms. The summed E-state index contributed by atoms with van der Waals surface area (Å²) >= 11 is 1.25. The lowest BCUT2D eigenvalue weighted by molar-refractivity contribution is -0.138. The van der Waals surface area contributed by atoms with E-state index in [1.165, 1.54) is 11.3 Å². The van der Waals surface area contributed by atoms with Crippen LogP contribution in [0.5, 0.6) is 28.7 Å². The maximum atomic E-state index is 14.3. The molecule has 7 rings (SSSR count). The highest BCUT2D eigenvalue weighted by molar-refractivity contribution is 7.07. The Morgan fingerprint density at radius 1 is 0.939 bits per heavy atom. The third kappa shape index (κ3) is 6.28. The highest BCUT2D eigenvalue weighted by Gasteiger charge is 2.35. The van der Waals surface area contributed by atoms with Crippen molar-refractivity contribution in [2.45, 2.75) is 19.6 Å². The fourth-order valence-corrected chi connectivity index (χ4v) is 6.78. The minimum Gasteiger partial charge on any atom is -0.497 e. The lowest BCUT2D eigenvalue weighted by atomic mass is 9.93. The van der Waals surface area contributed by atoms with E-state index in [0.717, 1.165) is 16.7 Å². The monoisotopic (exact) mass is 676 g/mol. The summed E-state index contributed by atoms with van der Waals surface area (Å²) in [7, 11) is 3.15. The topological polar surface area (TPSA) is 107 Å². The number of carbonyl (C=O) groups excluding carboxylic acids is 1. The minimum atomic E-state index is -0.792. The minimum absolute atomic E-state index is 0.169. The predicted molar refractivity (Wildman–Crippen MR) is 184 cm³/mol. The van der Waals surface area contributed by atoms with Crippen LogP contribution in [-0.4, -0.2) is 38.2 Å². The van der Waals surface area contributed by atoms with Crippen molar-refractivity contribution in [3.8, 4) is 28.7 Å². The van der Waals surface area contributed by atoms with Crippen LogP contribution in [0.1, 0.15) is 35.2 Å². The zero-order valence-corrected chi connectivity index (χ0v) is 27.8. The fourth-order valence-electron chi connectivity index (χ4n) is 5.78. The normalized spacial score (nSPS) is 15.0. The molecule has 0 fully saturated rings. The summed E-state index contributed by atoms with van der Waals surface area (Å²) in [5.41, 5.74) is 3.54. The fraction of sp³-hybridized carbons (Fsp3) is 0.184. The average molecular weight is 677 g/mol. The molecule has 0 unspecified atom stereocenters. The Bertz CT molecular complexity index is 2240. The van der Waals surface area contributed by atoms with Gasteiger partial charge in [-0.2, -0.15) is 0 Å². The molecule has 1 atom stereocenters. The van der Waals surface area contributed by atoms with Gasteiger partial charge in [-0.1, -0.05) is 65.9 Å². The summed E-state index contributed by atoms with van der Waals surface area (Å²) in [5.74, 6) is 2.56. The van der Waals surface area contributed by atoms with E-state index in [9.17, 15) is 9.59 Å². The van der Waals surface area contributed by atoms with Gasteiger partial charge in [0.25, 0.3) is 5.56 Å². The van der Waals surface area contributed by atoms with E-state index >= 15 is 0 Å². The molecular weight excluding hydrogens is 644 g/mol. The van der Waals surface area contributed by atoms with E-state index in [1.54, 1.807) is 50.0 Å². The quantitative estimate of drug-likeness (QED) is 0.185. The molecule has 0 amide bonds. The maximum absolute atomic E-state index is 14.3. The second-order valence-electron chi connectivity index (χ2n) is 11.1. The zero-order valence-electron chi connectivity index (χ0n) is 27.0. The van der Waals surface area contributed by atoms with Crippen molar-refractivity contribution in [1.82, 2.24) is 4.57 Å². The molecule has 10 nitrogen and oxygen atoms in total. The molecule has 49 heavy (non-hydrogen) atoms. The zero-order chi connectivity index (χ0) is 33.9. The number of hydrogen-bond acceptors (Lipinski definition) is 10. The van der Waals surface area contributed by atoms with Gasteiger partial charge in [-0.3, -0.25) is 9.36 Å². The van der Waals surface area contributed by atoms with Crippen LogP contribution >= 0.6 is 11.3 Å². The van der Waals surface area contributed by atoms with Crippen molar-refractivity contribution < 1.29 is 33.2 Å². The number of thiazole rings is 1. The number of nitrogens with zero attached hydrogens (tertiary/aromatic N) is 2. The highest BCUT2D eigenvalue weighted by Crippen LogP contribution is 2.36. The predicted octanol–water partition coefficient (Wildman–Crippen LogP) is 5.26. The number of benzene rings is 4. The molecule has 3 heterocycles. The van der Waals surface area contributed by atoms with E-state index in [4.69, 9.17) is 33.4 Å². The van der Waals surface area contributed by atoms with Crippen molar-refractivity contribution in [3.05, 3.63) is 139 Å². The summed E-state index contributed by atoms with van der Waals surface area (Å²) in [6.45, 7) is 2.42. The van der Waals surface area contributed by atoms with E-state index in [-0.39, 0.29) is 24.5 Å². The van der Waals surface area contributed by atoms with Gasteiger partial charge < -0.3 is 28.4 Å². The highest BCUT2D eigenvalue weighted by atomic mass is 32.1. The Kier molecular flexibility index (Phi) is 8.91. The van der Waals surface area contributed by atoms with Gasteiger partial charge in [0.05, 0.1) is 42.7 Å². The van der Waals surface area contributed by atoms with Crippen LogP contribution < -0.4 is 38.6 Å². The number of esters is 1. The standard InChI is InChI=1S/C38H32N2O8S/c1-4-45-37(42)33-34(25-8-6-5-7-9-25)39-38-40(35(33)26-12-14-27(43-2)15-13-26)36(41)32(49-38)20-23-10-16-28(30(18-23)44-3)46-21-24-11-17-29-31(19-24)48-22-47-29/h5-20,35H,4,21-22H2,1-3H3/b32-20-/t35-/m1/s1. The Hall–Kier alpha value is -5.81. The van der Waals surface area contributed by atoms with Gasteiger partial charge in [-0.05, 0) is 66.1 Å². The number of aromatic nitrogens is 1. The molecule has 0 aliphatic carbocycles. The Morgan fingerprint density at radius 2 is 1.73 bits per heavy atom. The first kappa shape index (κ1) is 31.8. The van der Waals surface area contributed by atoms with Crippen LogP contribution in [0.25, 0.3) is 11.8 Å². The summed E-state index contributed by atoms with van der Waals surface area (Å²) in [4.78, 5) is 33.3. The number of fused-ring (bicyclic) bond motifs is 2. The van der Waals surface area contributed by atoms with Crippen LogP contribution in [0.15, 0.2) is 106 Å². The van der Waals surface area contributed by atoms with Crippen molar-refractivity contribution in [3.63, 3.8) is 0 Å². The largest absolute Gasteiger partial charge is 0.497 e. The SMILES string of the molecule is CCOC(=O)C1=C(c2ccccc2)N=c2s/c(=C\c3ccc(OCc4ccc5c(c4)OCO5)c(OC)c3)c(=O)n2[C@@H]1c1ccc(OC)cc1. The summed E-state index contributed by atoms with van der Waals surface area (Å²) in [6.07, 6.45) is 1.79. The molecule has 0 N–H and O–H groups in total. The Morgan fingerprint density at radius 3 is 2.49 bits per heavy atom. The third-order valence-corrected chi connectivity index (χ3v) is 9.10. The molecule has 248 valence electrons. The van der Waals surface area contributed by atoms with E-state index in [2.05, 4.69) is 0 Å². The van der Waals surface area contributed by atoms with E-state index in [1.807, 2.05) is 72.8 Å². The van der Waals surface area contributed by atoms with Gasteiger partial charge >= 0.3 is 5.97 Å². The average Bonchev–Trinajstić information content (AvgIpc) is 3.74. The van der Waals surface area contributed by atoms with E-state index in [0.29, 0.717) is 55.9 Å². The smallest absolute Gasteiger partial charge is 0.338 e. The summed E-state index contributed by atoms with van der Waals surface area (Å²) in [5, 5.41) is 0. The molecule has 2 aliphatic heterocycles. The molecule has 5 aromatic rings. The van der Waals surface area contributed by atoms with Gasteiger partial charge in [0, 0.05) is 5.56 Å². The summed E-state index contributed by atoms with van der Waals surface area (Å²) < 4.78 is 35.6. The molecule has 1 aromatic heterocycles. The molecule has 0 radical (unpaired) electrons. The molecule has 4 aromatic carbocycles. The molecule has 0 saturated carbocycles. The number of rotatable bonds is 10.